The lowest BCUT2D eigenvalue weighted by molar-refractivity contribution is -0.870. The van der Waals surface area contributed by atoms with Crippen molar-refractivity contribution >= 4 is 17.9 Å². The van der Waals surface area contributed by atoms with Crippen molar-refractivity contribution in [3.8, 4) is 0 Å². The van der Waals surface area contributed by atoms with Crippen molar-refractivity contribution in [2.75, 3.05) is 47.5 Å². The molecule has 0 rings (SSSR count). The van der Waals surface area contributed by atoms with Gasteiger partial charge in [0.1, 0.15) is 13.2 Å². The largest absolute Gasteiger partial charge is 0.545 e. The average molecular weight is 1260 g/mol. The normalized spacial score (nSPS) is 13.5. The second kappa shape index (κ2) is 71.0. The lowest BCUT2D eigenvalue weighted by atomic mass is 10.0. The molecule has 0 heterocycles. The van der Waals surface area contributed by atoms with Crippen molar-refractivity contribution in [3.05, 3.63) is 146 Å². The van der Waals surface area contributed by atoms with E-state index in [1.165, 1.54) is 148 Å². The zero-order chi connectivity index (χ0) is 66.1. The van der Waals surface area contributed by atoms with Crippen molar-refractivity contribution in [2.24, 2.45) is 0 Å². The molecule has 0 aromatic rings. The molecule has 0 N–H and O–H groups in total. The second-order valence-corrected chi connectivity index (χ2v) is 25.5. The molecule has 518 valence electrons. The van der Waals surface area contributed by atoms with E-state index in [4.69, 9.17) is 18.9 Å². The molecule has 0 radical (unpaired) electrons. The lowest BCUT2D eigenvalue weighted by Gasteiger charge is -2.26. The second-order valence-electron chi connectivity index (χ2n) is 25.5. The van der Waals surface area contributed by atoms with Crippen LogP contribution < -0.4 is 5.11 Å². The Balaban J connectivity index is 4.13. The Morgan fingerprint density at radius 1 is 0.341 bits per heavy atom. The third kappa shape index (κ3) is 72.5. The van der Waals surface area contributed by atoms with E-state index < -0.39 is 24.3 Å². The van der Waals surface area contributed by atoms with Crippen LogP contribution in [0, 0.1) is 0 Å². The first-order valence-electron chi connectivity index (χ1n) is 37.0. The van der Waals surface area contributed by atoms with E-state index in [-0.39, 0.29) is 38.6 Å². The summed E-state index contributed by atoms with van der Waals surface area (Å²) in [6, 6.07) is 0. The molecule has 0 aliphatic heterocycles. The molecule has 0 spiro atoms. The van der Waals surface area contributed by atoms with Crippen LogP contribution in [-0.2, 0) is 33.3 Å². The molecule has 9 nitrogen and oxygen atoms in total. The van der Waals surface area contributed by atoms with Gasteiger partial charge in [0.2, 0.25) is 0 Å². The van der Waals surface area contributed by atoms with Gasteiger partial charge in [0.15, 0.2) is 12.4 Å². The number of carbonyl (C=O) groups excluding carboxylic acids is 3. The van der Waals surface area contributed by atoms with Crippen LogP contribution in [0.5, 0.6) is 0 Å². The van der Waals surface area contributed by atoms with E-state index in [1.807, 2.05) is 21.1 Å². The van der Waals surface area contributed by atoms with Gasteiger partial charge in [0.25, 0.3) is 0 Å². The minimum absolute atomic E-state index is 0.141. The number of aliphatic carboxylic acids is 1. The molecule has 0 aliphatic carbocycles. The lowest BCUT2D eigenvalue weighted by Crippen LogP contribution is -2.44. The Hall–Kier alpha value is -4.83. The number of unbranched alkanes of at least 4 members (excludes halogenated alkanes) is 28. The molecule has 2 atom stereocenters. The Kier molecular flexibility index (Phi) is 67.3. The van der Waals surface area contributed by atoms with Gasteiger partial charge in [0.05, 0.1) is 40.3 Å². The summed E-state index contributed by atoms with van der Waals surface area (Å²) in [4.78, 5) is 37.5. The van der Waals surface area contributed by atoms with Gasteiger partial charge in [-0.15, -0.1) is 0 Å². The molecule has 0 saturated heterocycles. The fourth-order valence-corrected chi connectivity index (χ4v) is 9.95. The van der Waals surface area contributed by atoms with Gasteiger partial charge in [-0.2, -0.15) is 0 Å². The van der Waals surface area contributed by atoms with E-state index in [0.29, 0.717) is 17.4 Å². The summed E-state index contributed by atoms with van der Waals surface area (Å²) in [5, 5.41) is 11.8. The number of likely N-dealkylation sites (N-methyl/N-ethyl adjacent to an activating group) is 1. The number of esters is 2. The van der Waals surface area contributed by atoms with Crippen LogP contribution in [-0.4, -0.2) is 82.3 Å². The summed E-state index contributed by atoms with van der Waals surface area (Å²) in [7, 11) is 5.93. The highest BCUT2D eigenvalue weighted by molar-refractivity contribution is 5.70. The number of carboxylic acids is 1. The monoisotopic (exact) mass is 1260 g/mol. The molecule has 0 fully saturated rings. The van der Waals surface area contributed by atoms with E-state index in [1.54, 1.807) is 0 Å². The van der Waals surface area contributed by atoms with Gasteiger partial charge < -0.3 is 33.3 Å². The molecule has 0 bridgehead atoms. The number of ether oxygens (including phenoxy) is 4. The number of hydrogen-bond acceptors (Lipinski definition) is 8. The zero-order valence-corrected chi connectivity index (χ0v) is 59.2. The molecule has 0 aliphatic rings. The van der Waals surface area contributed by atoms with Crippen molar-refractivity contribution in [2.45, 2.75) is 309 Å². The molecule has 0 aromatic heterocycles. The first-order chi connectivity index (χ1) is 44.6. The number of allylic oxidation sites excluding steroid dienone is 24. The van der Waals surface area contributed by atoms with Crippen molar-refractivity contribution in [3.63, 3.8) is 0 Å². The predicted octanol–water partition coefficient (Wildman–Crippen LogP) is 22.1. The third-order valence-corrected chi connectivity index (χ3v) is 15.6. The van der Waals surface area contributed by atoms with E-state index in [9.17, 15) is 19.5 Å². The SMILES string of the molecule is CC/C=C\C/C=C\C/C=C\C/C=C\C/C=C\C/C=C\C/C=C\C/C=C\C/C=C\C/C=C\CCCCCCCCCCCCC(=O)OC(COC(=O)CCCCCCCCCCCCCCC/C=C\C/C=C\CCCCCCC)COC(OCC[N+](C)(C)C)C(=O)[O-]. The van der Waals surface area contributed by atoms with Crippen molar-refractivity contribution < 1.29 is 42.9 Å². The van der Waals surface area contributed by atoms with Gasteiger partial charge in [-0.05, 0) is 122 Å². The number of quaternary nitrogens is 1. The smallest absolute Gasteiger partial charge is 0.306 e. The summed E-state index contributed by atoms with van der Waals surface area (Å²) in [6.07, 6.45) is 101. The number of carboxylic acid groups (broad SMARTS) is 1. The van der Waals surface area contributed by atoms with Crippen LogP contribution in [0.2, 0.25) is 0 Å². The topological polar surface area (TPSA) is 111 Å². The maximum atomic E-state index is 12.9. The number of hydrogen-bond donors (Lipinski definition) is 0. The molecule has 0 aromatic carbocycles. The molecule has 2 unspecified atom stereocenters. The van der Waals surface area contributed by atoms with Crippen molar-refractivity contribution in [1.82, 2.24) is 0 Å². The number of carbonyl (C=O) groups is 3. The Morgan fingerprint density at radius 2 is 0.626 bits per heavy atom. The quantitative estimate of drug-likeness (QED) is 0.0195. The first-order valence-corrected chi connectivity index (χ1v) is 37.0. The molecular weight excluding hydrogens is 1130 g/mol. The number of rotatable bonds is 67. The Morgan fingerprint density at radius 3 is 0.934 bits per heavy atom. The highest BCUT2D eigenvalue weighted by Gasteiger charge is 2.22. The van der Waals surface area contributed by atoms with E-state index in [2.05, 4.69) is 160 Å². The van der Waals surface area contributed by atoms with Crippen molar-refractivity contribution in [1.29, 1.82) is 0 Å². The fourth-order valence-electron chi connectivity index (χ4n) is 9.95. The Labute approximate surface area is 560 Å². The third-order valence-electron chi connectivity index (χ3n) is 15.6. The standard InChI is InChI=1S/C82H137NO8/c1-6-8-10-12-14-16-18-20-22-24-26-28-30-32-33-34-35-36-37-38-39-40-41-42-43-44-45-46-47-49-51-53-55-57-59-61-63-65-67-69-71-73-80(85)91-78(77-90-82(81(86)87)88-75-74-83(3,4)5)76-89-79(84)72-70-68-66-64-62-60-58-56-54-52-50-48-31-29-27-25-23-21-19-17-15-13-11-9-7-2/h8,10,14,16,19-22,25-28,32-33,35-36,38-39,41-42,44-45,47,49,78,82H,6-7,9,11-13,15,17-18,23-24,29-31,34,37,40,43,46,48,50-77H2,1-5H3/b10-8-,16-14-,21-19-,22-20-,27-25-,28-26-,33-32-,36-35-,39-38-,42-41-,45-44-,49-47-. The van der Waals surface area contributed by atoms with Crippen LogP contribution in [0.3, 0.4) is 0 Å². The molecule has 0 saturated carbocycles. The van der Waals surface area contributed by atoms with Gasteiger partial charge in [0, 0.05) is 12.8 Å². The van der Waals surface area contributed by atoms with E-state index in [0.717, 1.165) is 116 Å². The van der Waals surface area contributed by atoms with Crippen LogP contribution in [0.15, 0.2) is 146 Å². The van der Waals surface area contributed by atoms with Crippen LogP contribution in [0.4, 0.5) is 0 Å². The fraction of sp³-hybridized carbons (Fsp3) is 0.671. The summed E-state index contributed by atoms with van der Waals surface area (Å²) in [6.45, 7) is 4.63. The molecular formula is C82H137NO8. The van der Waals surface area contributed by atoms with Gasteiger partial charge >= 0.3 is 11.9 Å². The molecule has 91 heavy (non-hydrogen) atoms. The summed E-state index contributed by atoms with van der Waals surface area (Å²) >= 11 is 0. The van der Waals surface area contributed by atoms with Gasteiger partial charge in [-0.1, -0.05) is 307 Å². The average Bonchev–Trinajstić information content (AvgIpc) is 3.53. The molecule has 9 heteroatoms. The zero-order valence-electron chi connectivity index (χ0n) is 59.2. The number of nitrogens with zero attached hydrogens (tertiary/aromatic N) is 1. The summed E-state index contributed by atoms with van der Waals surface area (Å²) in [5.74, 6) is -2.29. The summed E-state index contributed by atoms with van der Waals surface area (Å²) < 4.78 is 22.8. The Bertz CT molecular complexity index is 2010. The summed E-state index contributed by atoms with van der Waals surface area (Å²) in [5.41, 5.74) is 0. The van der Waals surface area contributed by atoms with Gasteiger partial charge in [-0.25, -0.2) is 0 Å². The van der Waals surface area contributed by atoms with Gasteiger partial charge in [-0.3, -0.25) is 9.59 Å². The maximum absolute atomic E-state index is 12.9. The first kappa shape index (κ1) is 86.2. The van der Waals surface area contributed by atoms with Crippen LogP contribution in [0.1, 0.15) is 296 Å². The highest BCUT2D eigenvalue weighted by atomic mass is 16.7. The predicted molar refractivity (Wildman–Crippen MR) is 389 cm³/mol. The van der Waals surface area contributed by atoms with E-state index >= 15 is 0 Å². The highest BCUT2D eigenvalue weighted by Crippen LogP contribution is 2.17. The van der Waals surface area contributed by atoms with Crippen LogP contribution in [0.25, 0.3) is 0 Å². The molecule has 0 amide bonds. The maximum Gasteiger partial charge on any atom is 0.306 e. The minimum atomic E-state index is -1.63. The minimum Gasteiger partial charge on any atom is -0.545 e. The van der Waals surface area contributed by atoms with Crippen LogP contribution >= 0.6 is 0 Å².